The molecule has 1 aliphatic carbocycles. The Bertz CT molecular complexity index is 241. The fraction of sp³-hybridized carbons (Fsp3) is 0.636. The monoisotopic (exact) mass is 198 g/mol. The van der Waals surface area contributed by atoms with Crippen LogP contribution in [0.1, 0.15) is 20.3 Å². The van der Waals surface area contributed by atoms with Crippen LogP contribution in [0.3, 0.4) is 0 Å². The first-order chi connectivity index (χ1) is 6.61. The number of ether oxygens (including phenoxy) is 1. The molecule has 0 bridgehead atoms. The average Bonchev–Trinajstić information content (AvgIpc) is 2.14. The summed E-state index contributed by atoms with van der Waals surface area (Å²) in [6, 6.07) is 0. The lowest BCUT2D eigenvalue weighted by atomic mass is 9.99. The van der Waals surface area contributed by atoms with E-state index in [-0.39, 0.29) is 18.3 Å². The van der Waals surface area contributed by atoms with E-state index in [1.54, 1.807) is 12.2 Å². The Balaban J connectivity index is 2.49. The van der Waals surface area contributed by atoms with Crippen molar-refractivity contribution in [3.05, 3.63) is 23.7 Å². The molecule has 0 radical (unpaired) electrons. The largest absolute Gasteiger partial charge is 0.508 e. The van der Waals surface area contributed by atoms with E-state index < -0.39 is 0 Å². The summed E-state index contributed by atoms with van der Waals surface area (Å²) in [5.41, 5.74) is 0. The van der Waals surface area contributed by atoms with Crippen LogP contribution in [0.25, 0.3) is 0 Å². The molecule has 0 unspecified atom stereocenters. The highest BCUT2D eigenvalue weighted by Crippen LogP contribution is 2.22. The number of hydrogen-bond acceptors (Lipinski definition) is 3. The molecule has 1 aliphatic rings. The lowest BCUT2D eigenvalue weighted by Crippen LogP contribution is -2.12. The highest BCUT2D eigenvalue weighted by atomic mass is 16.5. The van der Waals surface area contributed by atoms with Gasteiger partial charge in [0.25, 0.3) is 0 Å². The molecule has 14 heavy (non-hydrogen) atoms. The van der Waals surface area contributed by atoms with Crippen LogP contribution in [0.2, 0.25) is 0 Å². The SMILES string of the molecule is CC(C)COC1=CC(O)=C[C@@H](CO)C1. The quantitative estimate of drug-likeness (QED) is 0.726. The molecule has 3 heteroatoms. The Morgan fingerprint density at radius 2 is 2.29 bits per heavy atom. The molecule has 3 nitrogen and oxygen atoms in total. The van der Waals surface area contributed by atoms with Crippen LogP contribution >= 0.6 is 0 Å². The van der Waals surface area contributed by atoms with E-state index in [4.69, 9.17) is 9.84 Å². The molecule has 0 aromatic carbocycles. The summed E-state index contributed by atoms with van der Waals surface area (Å²) < 4.78 is 5.50. The lowest BCUT2D eigenvalue weighted by Gasteiger charge is -2.19. The maximum Gasteiger partial charge on any atom is 0.115 e. The minimum Gasteiger partial charge on any atom is -0.508 e. The van der Waals surface area contributed by atoms with Crippen molar-refractivity contribution in [1.82, 2.24) is 0 Å². The lowest BCUT2D eigenvalue weighted by molar-refractivity contribution is 0.150. The molecule has 0 saturated heterocycles. The maximum absolute atomic E-state index is 9.34. The van der Waals surface area contributed by atoms with Crippen molar-refractivity contribution in [3.63, 3.8) is 0 Å². The third kappa shape index (κ3) is 3.42. The van der Waals surface area contributed by atoms with Crippen molar-refractivity contribution in [3.8, 4) is 0 Å². The van der Waals surface area contributed by atoms with Crippen molar-refractivity contribution in [2.45, 2.75) is 20.3 Å². The summed E-state index contributed by atoms with van der Waals surface area (Å²) in [6.07, 6.45) is 3.95. The third-order valence-electron chi connectivity index (χ3n) is 2.02. The minimum absolute atomic E-state index is 0.0119. The van der Waals surface area contributed by atoms with Crippen LogP contribution in [-0.2, 0) is 4.74 Å². The first kappa shape index (κ1) is 11.1. The molecule has 0 aromatic rings. The van der Waals surface area contributed by atoms with Crippen LogP contribution in [0.15, 0.2) is 23.7 Å². The number of aliphatic hydroxyl groups is 2. The van der Waals surface area contributed by atoms with E-state index in [1.165, 1.54) is 0 Å². The topological polar surface area (TPSA) is 49.7 Å². The summed E-state index contributed by atoms with van der Waals surface area (Å²) in [7, 11) is 0. The predicted molar refractivity (Wildman–Crippen MR) is 54.8 cm³/mol. The summed E-state index contributed by atoms with van der Waals surface area (Å²) in [5.74, 6) is 1.41. The molecule has 0 saturated carbocycles. The van der Waals surface area contributed by atoms with Gasteiger partial charge in [-0.05, 0) is 12.0 Å². The molecular formula is C11H18O3. The van der Waals surface area contributed by atoms with Gasteiger partial charge in [-0.1, -0.05) is 13.8 Å². The number of aliphatic hydroxyl groups excluding tert-OH is 2. The van der Waals surface area contributed by atoms with Crippen molar-refractivity contribution in [2.24, 2.45) is 11.8 Å². The number of hydrogen-bond donors (Lipinski definition) is 2. The molecular weight excluding hydrogens is 180 g/mol. The second kappa shape index (κ2) is 5.05. The third-order valence-corrected chi connectivity index (χ3v) is 2.02. The number of allylic oxidation sites excluding steroid dienone is 2. The molecule has 1 rings (SSSR count). The van der Waals surface area contributed by atoms with Crippen LogP contribution < -0.4 is 0 Å². The van der Waals surface area contributed by atoms with Gasteiger partial charge < -0.3 is 14.9 Å². The molecule has 0 aliphatic heterocycles. The van der Waals surface area contributed by atoms with Crippen molar-refractivity contribution in [2.75, 3.05) is 13.2 Å². The summed E-state index contributed by atoms with van der Waals surface area (Å²) in [5, 5.41) is 18.3. The van der Waals surface area contributed by atoms with Gasteiger partial charge in [-0.3, -0.25) is 0 Å². The Labute approximate surface area is 84.7 Å². The zero-order valence-electron chi connectivity index (χ0n) is 8.73. The molecule has 0 fully saturated rings. The normalized spacial score (nSPS) is 21.9. The van der Waals surface area contributed by atoms with Gasteiger partial charge in [0.05, 0.1) is 6.61 Å². The first-order valence-corrected chi connectivity index (χ1v) is 4.96. The smallest absolute Gasteiger partial charge is 0.115 e. The van der Waals surface area contributed by atoms with E-state index in [2.05, 4.69) is 13.8 Å². The van der Waals surface area contributed by atoms with E-state index in [0.717, 1.165) is 5.76 Å². The molecule has 0 aromatic heterocycles. The van der Waals surface area contributed by atoms with Crippen LogP contribution in [0.4, 0.5) is 0 Å². The second-order valence-electron chi connectivity index (χ2n) is 4.05. The van der Waals surface area contributed by atoms with E-state index >= 15 is 0 Å². The van der Waals surface area contributed by atoms with Gasteiger partial charge in [-0.25, -0.2) is 0 Å². The van der Waals surface area contributed by atoms with Gasteiger partial charge in [0.15, 0.2) is 0 Å². The Morgan fingerprint density at radius 3 is 2.86 bits per heavy atom. The van der Waals surface area contributed by atoms with Gasteiger partial charge in [0.1, 0.15) is 11.5 Å². The summed E-state index contributed by atoms with van der Waals surface area (Å²) in [4.78, 5) is 0. The Kier molecular flexibility index (Phi) is 4.01. The molecule has 2 N–H and O–H groups in total. The van der Waals surface area contributed by atoms with Gasteiger partial charge in [0, 0.05) is 25.0 Å². The van der Waals surface area contributed by atoms with Crippen LogP contribution in [-0.4, -0.2) is 23.4 Å². The van der Waals surface area contributed by atoms with E-state index in [1.807, 2.05) is 0 Å². The highest BCUT2D eigenvalue weighted by Gasteiger charge is 2.15. The fourth-order valence-corrected chi connectivity index (χ4v) is 1.32. The van der Waals surface area contributed by atoms with Crippen molar-refractivity contribution >= 4 is 0 Å². The van der Waals surface area contributed by atoms with Gasteiger partial charge >= 0.3 is 0 Å². The molecule has 0 heterocycles. The number of rotatable bonds is 4. The Hall–Kier alpha value is -0.960. The second-order valence-corrected chi connectivity index (χ2v) is 4.05. The zero-order chi connectivity index (χ0) is 10.6. The van der Waals surface area contributed by atoms with Crippen LogP contribution in [0.5, 0.6) is 0 Å². The average molecular weight is 198 g/mol. The summed E-state index contributed by atoms with van der Waals surface area (Å²) >= 11 is 0. The fourth-order valence-electron chi connectivity index (χ4n) is 1.32. The Morgan fingerprint density at radius 1 is 1.57 bits per heavy atom. The molecule has 0 amide bonds. The minimum atomic E-state index is -0.0119. The van der Waals surface area contributed by atoms with Crippen LogP contribution in [0, 0.1) is 11.8 Å². The van der Waals surface area contributed by atoms with Crippen molar-refractivity contribution in [1.29, 1.82) is 0 Å². The first-order valence-electron chi connectivity index (χ1n) is 4.96. The summed E-state index contributed by atoms with van der Waals surface area (Å²) in [6.45, 7) is 4.84. The maximum atomic E-state index is 9.34. The van der Waals surface area contributed by atoms with Gasteiger partial charge in [-0.15, -0.1) is 0 Å². The van der Waals surface area contributed by atoms with E-state index in [0.29, 0.717) is 18.9 Å². The van der Waals surface area contributed by atoms with E-state index in [9.17, 15) is 5.11 Å². The zero-order valence-corrected chi connectivity index (χ0v) is 8.73. The van der Waals surface area contributed by atoms with Gasteiger partial charge in [0.2, 0.25) is 0 Å². The van der Waals surface area contributed by atoms with Crippen molar-refractivity contribution < 1.29 is 14.9 Å². The standard InChI is InChI=1S/C11H18O3/c1-8(2)7-14-11-4-9(6-12)3-10(13)5-11/h3,5,8-9,12-13H,4,6-7H2,1-2H3/t9-/m1/s1. The highest BCUT2D eigenvalue weighted by molar-refractivity contribution is 5.21. The molecule has 80 valence electrons. The van der Waals surface area contributed by atoms with Gasteiger partial charge in [-0.2, -0.15) is 0 Å². The molecule has 0 spiro atoms. The molecule has 1 atom stereocenters. The predicted octanol–water partition coefficient (Wildman–Crippen LogP) is 2.00.